The summed E-state index contributed by atoms with van der Waals surface area (Å²) in [6.07, 6.45) is 64.0. The van der Waals surface area contributed by atoms with Gasteiger partial charge in [0.15, 0.2) is 0 Å². The Morgan fingerprint density at radius 3 is 0.902 bits per heavy atom. The molecular formula is C56H111NO4. The molecule has 3 unspecified atom stereocenters. The van der Waals surface area contributed by atoms with E-state index in [1.807, 2.05) is 0 Å². The van der Waals surface area contributed by atoms with Crippen LogP contribution in [-0.2, 0) is 4.79 Å². The smallest absolute Gasteiger partial charge is 0.249 e. The second-order valence-corrected chi connectivity index (χ2v) is 19.5. The SMILES string of the molecule is CCCCCCCCCCCCCC/C=C\CCCCCCCCCCCCC(O)C(=O)NC(CO)C(O)CCCCCCCCCCCCCCCCCCCCCCC. The molecule has 0 aliphatic carbocycles. The maximum absolute atomic E-state index is 12.6. The molecule has 0 saturated heterocycles. The zero-order valence-electron chi connectivity index (χ0n) is 41.6. The lowest BCUT2D eigenvalue weighted by molar-refractivity contribution is -0.131. The van der Waals surface area contributed by atoms with E-state index in [0.29, 0.717) is 12.8 Å². The molecule has 0 rings (SSSR count). The predicted octanol–water partition coefficient (Wildman–Crippen LogP) is 17.1. The van der Waals surface area contributed by atoms with Gasteiger partial charge in [0.1, 0.15) is 6.10 Å². The highest BCUT2D eigenvalue weighted by molar-refractivity contribution is 5.80. The van der Waals surface area contributed by atoms with Gasteiger partial charge in [0.25, 0.3) is 0 Å². The fourth-order valence-corrected chi connectivity index (χ4v) is 9.01. The van der Waals surface area contributed by atoms with Crippen LogP contribution in [0.25, 0.3) is 0 Å². The molecule has 0 saturated carbocycles. The average Bonchev–Trinajstić information content (AvgIpc) is 3.26. The zero-order chi connectivity index (χ0) is 44.4. The van der Waals surface area contributed by atoms with Crippen LogP contribution < -0.4 is 5.32 Å². The first-order valence-electron chi connectivity index (χ1n) is 28.0. The number of carbonyl (C=O) groups is 1. The highest BCUT2D eigenvalue weighted by Crippen LogP contribution is 2.18. The lowest BCUT2D eigenvalue weighted by Crippen LogP contribution is -2.49. The molecule has 364 valence electrons. The van der Waals surface area contributed by atoms with E-state index in [4.69, 9.17) is 0 Å². The number of unbranched alkanes of at least 4 members (excludes halogenated alkanes) is 42. The first kappa shape index (κ1) is 60.1. The Hall–Kier alpha value is -0.910. The van der Waals surface area contributed by atoms with Gasteiger partial charge >= 0.3 is 0 Å². The molecule has 0 aromatic carbocycles. The maximum atomic E-state index is 12.6. The van der Waals surface area contributed by atoms with Gasteiger partial charge in [-0.25, -0.2) is 0 Å². The minimum absolute atomic E-state index is 0.310. The molecule has 61 heavy (non-hydrogen) atoms. The van der Waals surface area contributed by atoms with E-state index in [0.717, 1.165) is 32.1 Å². The third-order valence-corrected chi connectivity index (χ3v) is 13.4. The van der Waals surface area contributed by atoms with E-state index in [1.165, 1.54) is 257 Å². The van der Waals surface area contributed by atoms with Crippen LogP contribution in [0, 0.1) is 0 Å². The quantitative estimate of drug-likeness (QED) is 0.0362. The molecule has 5 heteroatoms. The lowest BCUT2D eigenvalue weighted by Gasteiger charge is -2.23. The average molecular weight is 863 g/mol. The highest BCUT2D eigenvalue weighted by Gasteiger charge is 2.23. The second-order valence-electron chi connectivity index (χ2n) is 19.5. The van der Waals surface area contributed by atoms with E-state index in [9.17, 15) is 20.1 Å². The van der Waals surface area contributed by atoms with Crippen LogP contribution in [0.2, 0.25) is 0 Å². The lowest BCUT2D eigenvalue weighted by atomic mass is 10.0. The number of hydrogen-bond acceptors (Lipinski definition) is 4. The molecule has 3 atom stereocenters. The molecule has 5 nitrogen and oxygen atoms in total. The fourth-order valence-electron chi connectivity index (χ4n) is 9.01. The van der Waals surface area contributed by atoms with Crippen molar-refractivity contribution in [1.82, 2.24) is 5.32 Å². The Labute approximate surface area is 382 Å². The largest absolute Gasteiger partial charge is 0.394 e. The van der Waals surface area contributed by atoms with Gasteiger partial charge in [0.05, 0.1) is 18.8 Å². The van der Waals surface area contributed by atoms with Gasteiger partial charge in [-0.15, -0.1) is 0 Å². The van der Waals surface area contributed by atoms with Gasteiger partial charge < -0.3 is 20.6 Å². The van der Waals surface area contributed by atoms with E-state index >= 15 is 0 Å². The Morgan fingerprint density at radius 2 is 0.623 bits per heavy atom. The predicted molar refractivity (Wildman–Crippen MR) is 269 cm³/mol. The summed E-state index contributed by atoms with van der Waals surface area (Å²) < 4.78 is 0. The van der Waals surface area contributed by atoms with Crippen molar-refractivity contribution in [2.75, 3.05) is 6.61 Å². The van der Waals surface area contributed by atoms with Gasteiger partial charge in [-0.1, -0.05) is 289 Å². The zero-order valence-corrected chi connectivity index (χ0v) is 41.6. The fraction of sp³-hybridized carbons (Fsp3) is 0.946. The molecule has 0 bridgehead atoms. The Bertz CT molecular complexity index is 864. The van der Waals surface area contributed by atoms with Crippen LogP contribution in [-0.4, -0.2) is 46.1 Å². The molecule has 0 aliphatic rings. The van der Waals surface area contributed by atoms with Crippen molar-refractivity contribution in [2.45, 2.75) is 334 Å². The van der Waals surface area contributed by atoms with E-state index < -0.39 is 24.2 Å². The number of allylic oxidation sites excluding steroid dienone is 2. The molecule has 0 fully saturated rings. The molecule has 0 aromatic rings. The van der Waals surface area contributed by atoms with Gasteiger partial charge in [-0.05, 0) is 38.5 Å². The topological polar surface area (TPSA) is 89.8 Å². The Balaban J connectivity index is 3.52. The van der Waals surface area contributed by atoms with Crippen molar-refractivity contribution in [3.63, 3.8) is 0 Å². The second kappa shape index (κ2) is 51.7. The van der Waals surface area contributed by atoms with Crippen molar-refractivity contribution in [1.29, 1.82) is 0 Å². The maximum Gasteiger partial charge on any atom is 0.249 e. The minimum atomic E-state index is -1.07. The standard InChI is InChI=1S/C56H111NO4/c1-3-5-7-9-11-13-15-17-19-21-23-25-26-27-28-29-31-33-35-37-39-41-43-45-47-49-51-55(60)56(61)57-53(52-58)54(59)50-48-46-44-42-40-38-36-34-32-30-24-22-20-18-16-14-12-10-8-6-4-2/h27-28,53-55,58-60H,3-26,29-52H2,1-2H3,(H,57,61)/b28-27-. The monoisotopic (exact) mass is 862 g/mol. The molecule has 1 amide bonds. The molecule has 4 N–H and O–H groups in total. The molecule has 0 radical (unpaired) electrons. The summed E-state index contributed by atoms with van der Waals surface area (Å²) in [5, 5.41) is 33.6. The molecule has 0 spiro atoms. The van der Waals surface area contributed by atoms with Crippen LogP contribution in [0.3, 0.4) is 0 Å². The van der Waals surface area contributed by atoms with Crippen molar-refractivity contribution in [2.24, 2.45) is 0 Å². The summed E-state index contributed by atoms with van der Waals surface area (Å²) in [6, 6.07) is -0.711. The number of nitrogens with one attached hydrogen (secondary N) is 1. The number of aliphatic hydroxyl groups excluding tert-OH is 3. The van der Waals surface area contributed by atoms with Gasteiger partial charge in [-0.3, -0.25) is 4.79 Å². The van der Waals surface area contributed by atoms with Gasteiger partial charge in [0.2, 0.25) is 5.91 Å². The third kappa shape index (κ3) is 46.9. The summed E-state index contributed by atoms with van der Waals surface area (Å²) in [7, 11) is 0. The van der Waals surface area contributed by atoms with Crippen LogP contribution in [0.15, 0.2) is 12.2 Å². The number of hydrogen-bond donors (Lipinski definition) is 4. The summed E-state index contributed by atoms with van der Waals surface area (Å²) >= 11 is 0. The van der Waals surface area contributed by atoms with Gasteiger partial charge in [0, 0.05) is 0 Å². The number of carbonyl (C=O) groups excluding carboxylic acids is 1. The molecule has 0 aliphatic heterocycles. The van der Waals surface area contributed by atoms with Crippen molar-refractivity contribution >= 4 is 5.91 Å². The Kier molecular flexibility index (Phi) is 51.0. The summed E-state index contributed by atoms with van der Waals surface area (Å²) in [5.74, 6) is -0.466. The van der Waals surface area contributed by atoms with Crippen LogP contribution in [0.5, 0.6) is 0 Å². The molecule has 0 aromatic heterocycles. The summed E-state index contributed by atoms with van der Waals surface area (Å²) in [5.41, 5.74) is 0. The summed E-state index contributed by atoms with van der Waals surface area (Å²) in [4.78, 5) is 12.6. The molecule has 0 heterocycles. The van der Waals surface area contributed by atoms with Gasteiger partial charge in [-0.2, -0.15) is 0 Å². The first-order valence-corrected chi connectivity index (χ1v) is 28.0. The third-order valence-electron chi connectivity index (χ3n) is 13.4. The van der Waals surface area contributed by atoms with Crippen LogP contribution >= 0.6 is 0 Å². The number of amides is 1. The van der Waals surface area contributed by atoms with E-state index in [-0.39, 0.29) is 6.61 Å². The Morgan fingerprint density at radius 1 is 0.377 bits per heavy atom. The van der Waals surface area contributed by atoms with Crippen LogP contribution in [0.4, 0.5) is 0 Å². The highest BCUT2D eigenvalue weighted by atomic mass is 16.3. The number of aliphatic hydroxyl groups is 3. The minimum Gasteiger partial charge on any atom is -0.394 e. The normalized spacial score (nSPS) is 13.3. The van der Waals surface area contributed by atoms with E-state index in [2.05, 4.69) is 31.3 Å². The van der Waals surface area contributed by atoms with Crippen LogP contribution in [0.1, 0.15) is 316 Å². The van der Waals surface area contributed by atoms with Crippen molar-refractivity contribution in [3.8, 4) is 0 Å². The number of rotatable bonds is 52. The summed E-state index contributed by atoms with van der Waals surface area (Å²) in [6.45, 7) is 4.27. The molecular weight excluding hydrogens is 751 g/mol. The van der Waals surface area contributed by atoms with Crippen molar-refractivity contribution in [3.05, 3.63) is 12.2 Å². The van der Waals surface area contributed by atoms with Crippen molar-refractivity contribution < 1.29 is 20.1 Å². The first-order chi connectivity index (χ1) is 30.1. The van der Waals surface area contributed by atoms with E-state index in [1.54, 1.807) is 0 Å².